The lowest BCUT2D eigenvalue weighted by Crippen LogP contribution is -2.26. The normalized spacial score (nSPS) is 15.0. The minimum absolute atomic E-state index is 0.122. The third kappa shape index (κ3) is 5.33. The molecule has 4 aliphatic rings. The summed E-state index contributed by atoms with van der Waals surface area (Å²) in [6, 6.07) is 89.5. The lowest BCUT2D eigenvalue weighted by atomic mass is 9.70. The Hall–Kier alpha value is -8.52. The summed E-state index contributed by atoms with van der Waals surface area (Å²) in [5.41, 5.74) is 29.2. The van der Waals surface area contributed by atoms with E-state index in [1.807, 2.05) is 0 Å². The highest BCUT2D eigenvalue weighted by atomic mass is 15.1. The van der Waals surface area contributed by atoms with E-state index in [1.165, 1.54) is 128 Å². The van der Waals surface area contributed by atoms with Gasteiger partial charge in [0.1, 0.15) is 0 Å². The molecule has 0 heterocycles. The van der Waals surface area contributed by atoms with Crippen molar-refractivity contribution in [3.8, 4) is 66.8 Å². The molecule has 0 saturated carbocycles. The molecular formula is C71H51N. The van der Waals surface area contributed by atoms with E-state index in [0.29, 0.717) is 0 Å². The van der Waals surface area contributed by atoms with Gasteiger partial charge in [-0.25, -0.2) is 0 Å². The lowest BCUT2D eigenvalue weighted by Gasteiger charge is -2.32. The van der Waals surface area contributed by atoms with E-state index >= 15 is 0 Å². The van der Waals surface area contributed by atoms with Gasteiger partial charge in [-0.3, -0.25) is 0 Å². The summed E-state index contributed by atoms with van der Waals surface area (Å²) in [5.74, 6) is 0. The SMILES string of the molecule is CC1(C)c2ccccc2-c2cccc(-c3ccc(N(c4ccc(-c5cc6ccccc6c6c5-c5ccccc5C6(C)C)cc4)c4cccc5c4-c4ccccc4C54c5ccccc5-c5ccccc54)cc3)c21. The molecule has 0 fully saturated rings. The fourth-order valence-electron chi connectivity index (χ4n) is 14.3. The zero-order valence-electron chi connectivity index (χ0n) is 41.0. The third-order valence-corrected chi connectivity index (χ3v) is 17.2. The number of rotatable bonds is 5. The van der Waals surface area contributed by atoms with Gasteiger partial charge < -0.3 is 4.90 Å². The first-order valence-corrected chi connectivity index (χ1v) is 25.6. The van der Waals surface area contributed by atoms with E-state index in [2.05, 4.69) is 269 Å². The Morgan fingerprint density at radius 1 is 0.292 bits per heavy atom. The second-order valence-corrected chi connectivity index (χ2v) is 21.5. The molecule has 340 valence electrons. The van der Waals surface area contributed by atoms with Gasteiger partial charge in [0.25, 0.3) is 0 Å². The fourth-order valence-corrected chi connectivity index (χ4v) is 14.3. The highest BCUT2D eigenvalue weighted by Crippen LogP contribution is 2.65. The first-order chi connectivity index (χ1) is 35.3. The van der Waals surface area contributed by atoms with Gasteiger partial charge in [0.2, 0.25) is 0 Å². The van der Waals surface area contributed by atoms with Crippen LogP contribution in [0.5, 0.6) is 0 Å². The minimum Gasteiger partial charge on any atom is -0.310 e. The van der Waals surface area contributed by atoms with Crippen molar-refractivity contribution in [3.05, 3.63) is 281 Å². The number of hydrogen-bond donors (Lipinski definition) is 0. The molecule has 0 atom stereocenters. The number of fused-ring (bicyclic) bond motifs is 18. The standard InChI is InChI=1S/C71H51N/c1-69(2)58-28-12-7-23-53(58)54-27-17-26-49(67(54)69)44-35-39-47(40-36-44)72(48-41-37-45(38-42-48)57-43-46-19-5-6-20-50(46)68-65(57)55-24-10-13-29-59(55)70(68,3)4)64-34-18-33-63-66(64)56-25-11-16-32-62(56)71(63)60-30-14-8-21-51(60)52-22-9-15-31-61(52)71/h5-43H,1-4H3. The molecule has 15 rings (SSSR count). The van der Waals surface area contributed by atoms with Gasteiger partial charge in [-0.2, -0.15) is 0 Å². The number of nitrogens with zero attached hydrogens (tertiary/aromatic N) is 1. The van der Waals surface area contributed by atoms with Crippen molar-refractivity contribution in [2.45, 2.75) is 43.9 Å². The van der Waals surface area contributed by atoms with Crippen molar-refractivity contribution in [2.24, 2.45) is 0 Å². The summed E-state index contributed by atoms with van der Waals surface area (Å²) >= 11 is 0. The topological polar surface area (TPSA) is 3.24 Å². The van der Waals surface area contributed by atoms with Crippen LogP contribution in [0.25, 0.3) is 77.5 Å². The molecular weight excluding hydrogens is 867 g/mol. The molecule has 0 aliphatic heterocycles. The molecule has 1 heteroatoms. The quantitative estimate of drug-likeness (QED) is 0.166. The fraction of sp³-hybridized carbons (Fsp3) is 0.0986. The molecule has 0 saturated heterocycles. The molecule has 0 unspecified atom stereocenters. The zero-order valence-corrected chi connectivity index (χ0v) is 41.0. The summed E-state index contributed by atoms with van der Waals surface area (Å²) in [6.07, 6.45) is 0. The van der Waals surface area contributed by atoms with Gasteiger partial charge in [-0.15, -0.1) is 0 Å². The van der Waals surface area contributed by atoms with Gasteiger partial charge in [0, 0.05) is 27.8 Å². The van der Waals surface area contributed by atoms with Gasteiger partial charge in [-0.1, -0.05) is 228 Å². The van der Waals surface area contributed by atoms with Crippen LogP contribution in [0.15, 0.2) is 237 Å². The van der Waals surface area contributed by atoms with Crippen molar-refractivity contribution < 1.29 is 0 Å². The van der Waals surface area contributed by atoms with Crippen molar-refractivity contribution in [2.75, 3.05) is 4.90 Å². The number of anilines is 3. The van der Waals surface area contributed by atoms with E-state index < -0.39 is 5.41 Å². The van der Waals surface area contributed by atoms with Crippen molar-refractivity contribution >= 4 is 27.8 Å². The molecule has 11 aromatic rings. The molecule has 4 aliphatic carbocycles. The zero-order chi connectivity index (χ0) is 48.1. The molecule has 0 bridgehead atoms. The van der Waals surface area contributed by atoms with Crippen molar-refractivity contribution in [1.82, 2.24) is 0 Å². The van der Waals surface area contributed by atoms with Crippen LogP contribution in [0.1, 0.15) is 72.2 Å². The predicted octanol–water partition coefficient (Wildman–Crippen LogP) is 18.6. The van der Waals surface area contributed by atoms with Gasteiger partial charge in [-0.05, 0) is 153 Å². The number of benzene rings is 11. The maximum atomic E-state index is 2.52. The maximum absolute atomic E-state index is 2.52. The monoisotopic (exact) mass is 917 g/mol. The Bertz CT molecular complexity index is 4040. The van der Waals surface area contributed by atoms with Crippen LogP contribution in [0.4, 0.5) is 17.1 Å². The summed E-state index contributed by atoms with van der Waals surface area (Å²) in [5, 5.41) is 2.61. The van der Waals surface area contributed by atoms with Crippen LogP contribution in [-0.4, -0.2) is 0 Å². The Balaban J connectivity index is 0.940. The smallest absolute Gasteiger partial charge is 0.0726 e. The van der Waals surface area contributed by atoms with Crippen LogP contribution in [-0.2, 0) is 16.2 Å². The van der Waals surface area contributed by atoms with E-state index in [9.17, 15) is 0 Å². The van der Waals surface area contributed by atoms with Gasteiger partial charge in [0.05, 0.1) is 11.1 Å². The molecule has 11 aromatic carbocycles. The summed E-state index contributed by atoms with van der Waals surface area (Å²) in [6.45, 7) is 9.56. The van der Waals surface area contributed by atoms with Crippen molar-refractivity contribution in [1.29, 1.82) is 0 Å². The Kier molecular flexibility index (Phi) is 8.46. The van der Waals surface area contributed by atoms with Gasteiger partial charge in [0.15, 0.2) is 0 Å². The average Bonchev–Trinajstić information content (AvgIpc) is 4.07. The molecule has 1 spiro atoms. The maximum Gasteiger partial charge on any atom is 0.0726 e. The van der Waals surface area contributed by atoms with E-state index in [1.54, 1.807) is 0 Å². The molecule has 0 amide bonds. The van der Waals surface area contributed by atoms with Crippen molar-refractivity contribution in [3.63, 3.8) is 0 Å². The molecule has 0 radical (unpaired) electrons. The third-order valence-electron chi connectivity index (χ3n) is 17.2. The molecule has 72 heavy (non-hydrogen) atoms. The molecule has 0 aromatic heterocycles. The highest BCUT2D eigenvalue weighted by molar-refractivity contribution is 6.06. The molecule has 0 N–H and O–H groups in total. The van der Waals surface area contributed by atoms with Crippen LogP contribution in [0, 0.1) is 0 Å². The first kappa shape index (κ1) is 41.3. The predicted molar refractivity (Wildman–Crippen MR) is 301 cm³/mol. The first-order valence-electron chi connectivity index (χ1n) is 25.6. The second kappa shape index (κ2) is 14.8. The summed E-state index contributed by atoms with van der Waals surface area (Å²) in [4.78, 5) is 2.52. The van der Waals surface area contributed by atoms with E-state index in [0.717, 1.165) is 11.4 Å². The largest absolute Gasteiger partial charge is 0.310 e. The average molecular weight is 918 g/mol. The summed E-state index contributed by atoms with van der Waals surface area (Å²) < 4.78 is 0. The van der Waals surface area contributed by atoms with E-state index in [-0.39, 0.29) is 10.8 Å². The Labute approximate surface area is 422 Å². The second-order valence-electron chi connectivity index (χ2n) is 21.5. The lowest BCUT2D eigenvalue weighted by molar-refractivity contribution is 0.662. The molecule has 1 nitrogen and oxygen atoms in total. The van der Waals surface area contributed by atoms with E-state index in [4.69, 9.17) is 0 Å². The van der Waals surface area contributed by atoms with Crippen LogP contribution >= 0.6 is 0 Å². The summed E-state index contributed by atoms with van der Waals surface area (Å²) in [7, 11) is 0. The van der Waals surface area contributed by atoms with Crippen LogP contribution in [0.3, 0.4) is 0 Å². The minimum atomic E-state index is -0.451. The Morgan fingerprint density at radius 2 is 0.708 bits per heavy atom. The number of hydrogen-bond acceptors (Lipinski definition) is 1. The van der Waals surface area contributed by atoms with Crippen LogP contribution in [0.2, 0.25) is 0 Å². The van der Waals surface area contributed by atoms with Gasteiger partial charge >= 0.3 is 0 Å². The Morgan fingerprint density at radius 3 is 1.33 bits per heavy atom. The highest BCUT2D eigenvalue weighted by Gasteiger charge is 2.52. The van der Waals surface area contributed by atoms with Crippen LogP contribution < -0.4 is 4.90 Å².